The molecule has 0 aromatic rings. The zero-order valence-corrected chi connectivity index (χ0v) is 8.98. The van der Waals surface area contributed by atoms with E-state index < -0.39 is 0 Å². The van der Waals surface area contributed by atoms with Crippen LogP contribution >= 0.6 is 0 Å². The molecule has 1 amide bonds. The van der Waals surface area contributed by atoms with Gasteiger partial charge in [-0.3, -0.25) is 9.69 Å². The number of carbonyl (C=O) groups excluding carboxylic acids is 1. The predicted molar refractivity (Wildman–Crippen MR) is 56.5 cm³/mol. The molecule has 0 unspecified atom stereocenters. The van der Waals surface area contributed by atoms with Crippen molar-refractivity contribution in [3.63, 3.8) is 0 Å². The van der Waals surface area contributed by atoms with Crippen molar-refractivity contribution < 1.29 is 9.90 Å². The van der Waals surface area contributed by atoms with E-state index in [-0.39, 0.29) is 18.6 Å². The molecule has 15 heavy (non-hydrogen) atoms. The van der Waals surface area contributed by atoms with Gasteiger partial charge in [0.05, 0.1) is 12.6 Å². The van der Waals surface area contributed by atoms with E-state index in [1.54, 1.807) is 0 Å². The molecule has 0 saturated carbocycles. The predicted octanol–water partition coefficient (Wildman–Crippen LogP) is -1.52. The number of aliphatic hydroxyl groups excluding tert-OH is 1. The smallest absolute Gasteiger partial charge is 0.239 e. The van der Waals surface area contributed by atoms with Crippen molar-refractivity contribution in [2.24, 2.45) is 0 Å². The minimum Gasteiger partial charge on any atom is -0.395 e. The van der Waals surface area contributed by atoms with Crippen molar-refractivity contribution in [3.05, 3.63) is 0 Å². The second-order valence-corrected chi connectivity index (χ2v) is 4.19. The van der Waals surface area contributed by atoms with Crippen LogP contribution in [0.25, 0.3) is 0 Å². The highest BCUT2D eigenvalue weighted by Crippen LogP contribution is 2.09. The summed E-state index contributed by atoms with van der Waals surface area (Å²) in [6.07, 6.45) is 0.982. The topological polar surface area (TPSA) is 55.8 Å². The molecule has 2 saturated heterocycles. The fourth-order valence-corrected chi connectivity index (χ4v) is 2.05. The molecular formula is C10H19N3O2. The quantitative estimate of drug-likeness (QED) is 0.598. The number of aliphatic hydroxyl groups is 1. The fourth-order valence-electron chi connectivity index (χ4n) is 2.05. The van der Waals surface area contributed by atoms with E-state index in [0.29, 0.717) is 0 Å². The molecule has 5 nitrogen and oxygen atoms in total. The minimum atomic E-state index is 0.0781. The number of amides is 1. The van der Waals surface area contributed by atoms with Crippen LogP contribution in [-0.4, -0.2) is 72.7 Å². The van der Waals surface area contributed by atoms with E-state index in [1.165, 1.54) is 0 Å². The Morgan fingerprint density at radius 3 is 2.47 bits per heavy atom. The van der Waals surface area contributed by atoms with Crippen LogP contribution < -0.4 is 5.32 Å². The van der Waals surface area contributed by atoms with Crippen LogP contribution in [0.3, 0.4) is 0 Å². The summed E-state index contributed by atoms with van der Waals surface area (Å²) >= 11 is 0. The number of rotatable bonds is 3. The minimum absolute atomic E-state index is 0.0781. The molecule has 2 aliphatic rings. The van der Waals surface area contributed by atoms with Crippen molar-refractivity contribution in [2.75, 3.05) is 45.9 Å². The lowest BCUT2D eigenvalue weighted by atomic mass is 10.1. The highest BCUT2D eigenvalue weighted by Gasteiger charge is 2.30. The number of β-amino-alcohol motifs (C(OH)–C–C–N with tert-alkyl or cyclic N) is 1. The Morgan fingerprint density at radius 1 is 1.33 bits per heavy atom. The number of piperazine rings is 1. The van der Waals surface area contributed by atoms with Gasteiger partial charge in [-0.15, -0.1) is 0 Å². The second kappa shape index (κ2) is 4.92. The summed E-state index contributed by atoms with van der Waals surface area (Å²) in [4.78, 5) is 16.0. The van der Waals surface area contributed by atoms with Gasteiger partial charge in [-0.1, -0.05) is 0 Å². The van der Waals surface area contributed by atoms with Crippen molar-refractivity contribution in [3.8, 4) is 0 Å². The summed E-state index contributed by atoms with van der Waals surface area (Å²) in [6.45, 7) is 5.29. The highest BCUT2D eigenvalue weighted by molar-refractivity contribution is 5.82. The molecule has 0 aromatic heterocycles. The first-order chi connectivity index (χ1) is 7.31. The SMILES string of the molecule is O=C([C@H]1CCN1)N1CCN(CCO)CC1. The molecule has 0 aromatic carbocycles. The van der Waals surface area contributed by atoms with E-state index in [2.05, 4.69) is 10.2 Å². The number of nitrogens with one attached hydrogen (secondary N) is 1. The molecule has 0 spiro atoms. The number of hydrogen-bond donors (Lipinski definition) is 2. The van der Waals surface area contributed by atoms with Gasteiger partial charge < -0.3 is 15.3 Å². The maximum absolute atomic E-state index is 11.8. The largest absolute Gasteiger partial charge is 0.395 e. The van der Waals surface area contributed by atoms with Crippen LogP contribution in [-0.2, 0) is 4.79 Å². The summed E-state index contributed by atoms with van der Waals surface area (Å²) < 4.78 is 0. The van der Waals surface area contributed by atoms with Gasteiger partial charge in [0, 0.05) is 32.7 Å². The summed E-state index contributed by atoms with van der Waals surface area (Å²) in [7, 11) is 0. The standard InChI is InChI=1S/C10H19N3O2/c14-8-7-12-3-5-13(6-4-12)10(15)9-1-2-11-9/h9,11,14H,1-8H2/t9-/m1/s1. The van der Waals surface area contributed by atoms with Gasteiger partial charge in [0.1, 0.15) is 0 Å². The Bertz CT molecular complexity index is 223. The lowest BCUT2D eigenvalue weighted by Gasteiger charge is -2.38. The van der Waals surface area contributed by atoms with Crippen molar-refractivity contribution in [2.45, 2.75) is 12.5 Å². The third-order valence-electron chi connectivity index (χ3n) is 3.22. The summed E-state index contributed by atoms with van der Waals surface area (Å²) in [6, 6.07) is 0.0781. The maximum Gasteiger partial charge on any atom is 0.239 e. The molecule has 2 rings (SSSR count). The van der Waals surface area contributed by atoms with Gasteiger partial charge in [0.2, 0.25) is 5.91 Å². The lowest BCUT2D eigenvalue weighted by Crippen LogP contribution is -2.58. The Balaban J connectivity index is 1.74. The van der Waals surface area contributed by atoms with Crippen LogP contribution in [0.5, 0.6) is 0 Å². The number of hydrogen-bond acceptors (Lipinski definition) is 4. The van der Waals surface area contributed by atoms with Crippen molar-refractivity contribution >= 4 is 5.91 Å². The lowest BCUT2D eigenvalue weighted by molar-refractivity contribution is -0.137. The first-order valence-corrected chi connectivity index (χ1v) is 5.66. The Kier molecular flexibility index (Phi) is 3.56. The molecule has 0 radical (unpaired) electrons. The first-order valence-electron chi connectivity index (χ1n) is 5.66. The zero-order chi connectivity index (χ0) is 10.7. The van der Waals surface area contributed by atoms with E-state index in [4.69, 9.17) is 5.11 Å². The van der Waals surface area contributed by atoms with Gasteiger partial charge in [-0.05, 0) is 13.0 Å². The second-order valence-electron chi connectivity index (χ2n) is 4.19. The first kappa shape index (κ1) is 10.9. The maximum atomic E-state index is 11.8. The van der Waals surface area contributed by atoms with Gasteiger partial charge >= 0.3 is 0 Å². The van der Waals surface area contributed by atoms with Gasteiger partial charge in [-0.2, -0.15) is 0 Å². The third-order valence-corrected chi connectivity index (χ3v) is 3.22. The molecule has 0 aliphatic carbocycles. The Morgan fingerprint density at radius 2 is 2.00 bits per heavy atom. The van der Waals surface area contributed by atoms with Crippen LogP contribution in [0.15, 0.2) is 0 Å². The van der Waals surface area contributed by atoms with Crippen LogP contribution in [0, 0.1) is 0 Å². The molecule has 2 fully saturated rings. The molecule has 1 atom stereocenters. The van der Waals surface area contributed by atoms with Crippen molar-refractivity contribution in [1.29, 1.82) is 0 Å². The molecule has 86 valence electrons. The monoisotopic (exact) mass is 213 g/mol. The average molecular weight is 213 g/mol. The molecule has 0 bridgehead atoms. The fraction of sp³-hybridized carbons (Fsp3) is 0.900. The molecule has 5 heteroatoms. The summed E-state index contributed by atoms with van der Waals surface area (Å²) in [5.74, 6) is 0.255. The van der Waals surface area contributed by atoms with Crippen molar-refractivity contribution in [1.82, 2.24) is 15.1 Å². The number of nitrogens with zero attached hydrogens (tertiary/aromatic N) is 2. The molecule has 2 aliphatic heterocycles. The van der Waals surface area contributed by atoms with Crippen LogP contribution in [0.2, 0.25) is 0 Å². The Hall–Kier alpha value is -0.650. The summed E-state index contributed by atoms with van der Waals surface area (Å²) in [5.41, 5.74) is 0. The van der Waals surface area contributed by atoms with E-state index in [9.17, 15) is 4.79 Å². The van der Waals surface area contributed by atoms with Gasteiger partial charge in [0.15, 0.2) is 0 Å². The molecule has 2 N–H and O–H groups in total. The third kappa shape index (κ3) is 2.48. The van der Waals surface area contributed by atoms with Crippen LogP contribution in [0.1, 0.15) is 6.42 Å². The van der Waals surface area contributed by atoms with E-state index in [0.717, 1.165) is 45.7 Å². The highest BCUT2D eigenvalue weighted by atomic mass is 16.3. The summed E-state index contributed by atoms with van der Waals surface area (Å²) in [5, 5.41) is 11.9. The Labute approximate surface area is 90.0 Å². The average Bonchev–Trinajstić information content (AvgIpc) is 2.16. The number of carbonyl (C=O) groups is 1. The molecular weight excluding hydrogens is 194 g/mol. The van der Waals surface area contributed by atoms with E-state index in [1.807, 2.05) is 4.90 Å². The zero-order valence-electron chi connectivity index (χ0n) is 8.98. The van der Waals surface area contributed by atoms with E-state index >= 15 is 0 Å². The van der Waals surface area contributed by atoms with Gasteiger partial charge in [0.25, 0.3) is 0 Å². The molecule has 2 heterocycles. The van der Waals surface area contributed by atoms with Crippen LogP contribution in [0.4, 0.5) is 0 Å². The normalized spacial score (nSPS) is 27.5. The van der Waals surface area contributed by atoms with Gasteiger partial charge in [-0.25, -0.2) is 0 Å².